The molecule has 8 heteroatoms. The summed E-state index contributed by atoms with van der Waals surface area (Å²) in [4.78, 5) is 9.84. The maximum absolute atomic E-state index is 8.61. The van der Waals surface area contributed by atoms with Crippen LogP contribution < -0.4 is 10.6 Å². The van der Waals surface area contributed by atoms with Crippen LogP contribution in [0.1, 0.15) is 0 Å². The zero-order chi connectivity index (χ0) is 12.3. The van der Waals surface area contributed by atoms with E-state index in [2.05, 4.69) is 15.1 Å². The van der Waals surface area contributed by atoms with Gasteiger partial charge in [0.05, 0.1) is 19.3 Å². The minimum atomic E-state index is -0.459. The van der Waals surface area contributed by atoms with Gasteiger partial charge < -0.3 is 20.6 Å². The van der Waals surface area contributed by atoms with Gasteiger partial charge in [-0.1, -0.05) is 16.8 Å². The summed E-state index contributed by atoms with van der Waals surface area (Å²) < 4.78 is 5.38. The third-order valence-corrected chi connectivity index (χ3v) is 2.73. The summed E-state index contributed by atoms with van der Waals surface area (Å²) >= 11 is 6.00. The van der Waals surface area contributed by atoms with Crippen molar-refractivity contribution < 1.29 is 9.94 Å². The van der Waals surface area contributed by atoms with Gasteiger partial charge in [-0.2, -0.15) is 0 Å². The smallest absolute Gasteiger partial charge is 0.170 e. The van der Waals surface area contributed by atoms with Crippen molar-refractivity contribution in [2.24, 2.45) is 10.9 Å². The number of nitrogens with two attached hydrogens (primary N) is 1. The lowest BCUT2D eigenvalue weighted by Crippen LogP contribution is -2.49. The summed E-state index contributed by atoms with van der Waals surface area (Å²) in [6.07, 6.45) is 2.49. The molecule has 0 spiro atoms. The van der Waals surface area contributed by atoms with Crippen LogP contribution in [0.2, 0.25) is 5.02 Å². The summed E-state index contributed by atoms with van der Waals surface area (Å²) in [5.74, 6) is 0.667. The topological polar surface area (TPSA) is 96.9 Å². The van der Waals surface area contributed by atoms with Crippen LogP contribution in [-0.4, -0.2) is 46.8 Å². The number of aromatic nitrogens is 2. The molecule has 1 saturated heterocycles. The van der Waals surface area contributed by atoms with Gasteiger partial charge in [0.25, 0.3) is 0 Å². The number of morpholine rings is 1. The number of hydrogen-bond acceptors (Lipinski definition) is 6. The standard InChI is InChI=1S/C9H12ClN5O2/c10-6-3-12-5-13-9(6)15-1-2-17-7(4-15)8(11)14-16/h3,5,7,16H,1-2,4H2,(H2,11,14). The van der Waals surface area contributed by atoms with E-state index in [1.807, 2.05) is 4.90 Å². The van der Waals surface area contributed by atoms with Crippen LogP contribution >= 0.6 is 11.6 Å². The summed E-state index contributed by atoms with van der Waals surface area (Å²) in [5.41, 5.74) is 5.51. The van der Waals surface area contributed by atoms with E-state index in [9.17, 15) is 0 Å². The fraction of sp³-hybridized carbons (Fsp3) is 0.444. The van der Waals surface area contributed by atoms with E-state index in [1.165, 1.54) is 12.5 Å². The minimum absolute atomic E-state index is 0.0416. The normalized spacial score (nSPS) is 21.6. The third kappa shape index (κ3) is 2.56. The van der Waals surface area contributed by atoms with Gasteiger partial charge in [-0.15, -0.1) is 0 Å². The van der Waals surface area contributed by atoms with Crippen LogP contribution in [0.5, 0.6) is 0 Å². The Labute approximate surface area is 103 Å². The van der Waals surface area contributed by atoms with Gasteiger partial charge in [0, 0.05) is 6.54 Å². The average Bonchev–Trinajstić information content (AvgIpc) is 2.38. The van der Waals surface area contributed by atoms with Crippen molar-refractivity contribution in [1.82, 2.24) is 9.97 Å². The Bertz CT molecular complexity index is 428. The molecule has 92 valence electrons. The Morgan fingerprint density at radius 2 is 2.53 bits per heavy atom. The van der Waals surface area contributed by atoms with Crippen molar-refractivity contribution >= 4 is 23.3 Å². The quantitative estimate of drug-likeness (QED) is 0.337. The molecular weight excluding hydrogens is 246 g/mol. The molecule has 1 aliphatic heterocycles. The third-order valence-electron chi connectivity index (χ3n) is 2.46. The van der Waals surface area contributed by atoms with Gasteiger partial charge in [0.15, 0.2) is 11.7 Å². The molecule has 1 unspecified atom stereocenters. The van der Waals surface area contributed by atoms with E-state index in [1.54, 1.807) is 0 Å². The SMILES string of the molecule is NC(=NO)C1CN(c2ncncc2Cl)CCO1. The maximum atomic E-state index is 8.61. The monoisotopic (exact) mass is 257 g/mol. The largest absolute Gasteiger partial charge is 0.409 e. The Balaban J connectivity index is 2.15. The molecule has 1 aliphatic rings. The molecule has 0 aromatic carbocycles. The average molecular weight is 258 g/mol. The van der Waals surface area contributed by atoms with Crippen LogP contribution in [0.3, 0.4) is 0 Å². The maximum Gasteiger partial charge on any atom is 0.170 e. The highest BCUT2D eigenvalue weighted by Gasteiger charge is 2.25. The highest BCUT2D eigenvalue weighted by Crippen LogP contribution is 2.23. The minimum Gasteiger partial charge on any atom is -0.409 e. The van der Waals surface area contributed by atoms with Crippen LogP contribution in [-0.2, 0) is 4.74 Å². The van der Waals surface area contributed by atoms with E-state index in [0.717, 1.165) is 0 Å². The zero-order valence-electron chi connectivity index (χ0n) is 8.95. The lowest BCUT2D eigenvalue weighted by atomic mass is 10.2. The van der Waals surface area contributed by atoms with Crippen molar-refractivity contribution in [2.75, 3.05) is 24.6 Å². The molecule has 17 heavy (non-hydrogen) atoms. The number of anilines is 1. The molecule has 2 rings (SSSR count). The van der Waals surface area contributed by atoms with Crippen molar-refractivity contribution in [2.45, 2.75) is 6.10 Å². The predicted molar refractivity (Wildman–Crippen MR) is 62.4 cm³/mol. The fourth-order valence-electron chi connectivity index (χ4n) is 1.62. The molecule has 1 atom stereocenters. The van der Waals surface area contributed by atoms with Crippen LogP contribution in [0.4, 0.5) is 5.82 Å². The highest BCUT2D eigenvalue weighted by atomic mass is 35.5. The van der Waals surface area contributed by atoms with Crippen LogP contribution in [0.15, 0.2) is 17.7 Å². The molecule has 0 aliphatic carbocycles. The fourth-order valence-corrected chi connectivity index (χ4v) is 1.85. The number of oxime groups is 1. The van der Waals surface area contributed by atoms with Crippen molar-refractivity contribution in [3.63, 3.8) is 0 Å². The summed E-state index contributed by atoms with van der Waals surface area (Å²) in [6, 6.07) is 0. The second kappa shape index (κ2) is 5.15. The predicted octanol–water partition coefficient (Wildman–Crippen LogP) is 0.0816. The first-order valence-corrected chi connectivity index (χ1v) is 5.39. The van der Waals surface area contributed by atoms with E-state index in [4.69, 9.17) is 27.3 Å². The number of amidine groups is 1. The van der Waals surface area contributed by atoms with Crippen molar-refractivity contribution in [1.29, 1.82) is 0 Å². The summed E-state index contributed by atoms with van der Waals surface area (Å²) in [6.45, 7) is 1.54. The molecule has 2 heterocycles. The lowest BCUT2D eigenvalue weighted by Gasteiger charge is -2.33. The van der Waals surface area contributed by atoms with E-state index >= 15 is 0 Å². The number of nitrogens with zero attached hydrogens (tertiary/aromatic N) is 4. The molecule has 0 saturated carbocycles. The van der Waals surface area contributed by atoms with Gasteiger partial charge in [0.2, 0.25) is 0 Å². The molecule has 3 N–H and O–H groups in total. The second-order valence-electron chi connectivity index (χ2n) is 3.52. The first kappa shape index (κ1) is 11.9. The lowest BCUT2D eigenvalue weighted by molar-refractivity contribution is 0.0804. The highest BCUT2D eigenvalue weighted by molar-refractivity contribution is 6.32. The second-order valence-corrected chi connectivity index (χ2v) is 3.93. The molecule has 7 nitrogen and oxygen atoms in total. The first-order valence-electron chi connectivity index (χ1n) is 5.02. The zero-order valence-corrected chi connectivity index (χ0v) is 9.71. The number of hydrogen-bond donors (Lipinski definition) is 2. The van der Waals surface area contributed by atoms with Crippen molar-refractivity contribution in [3.05, 3.63) is 17.5 Å². The van der Waals surface area contributed by atoms with Crippen molar-refractivity contribution in [3.8, 4) is 0 Å². The number of ether oxygens (including phenoxy) is 1. The summed E-state index contributed by atoms with van der Waals surface area (Å²) in [7, 11) is 0. The van der Waals surface area contributed by atoms with Crippen LogP contribution in [0, 0.1) is 0 Å². The van der Waals surface area contributed by atoms with E-state index in [0.29, 0.717) is 30.5 Å². The molecule has 1 aromatic rings. The van der Waals surface area contributed by atoms with Gasteiger partial charge >= 0.3 is 0 Å². The van der Waals surface area contributed by atoms with E-state index < -0.39 is 6.10 Å². The Kier molecular flexibility index (Phi) is 3.60. The number of rotatable bonds is 2. The molecule has 0 amide bonds. The Morgan fingerprint density at radius 3 is 3.24 bits per heavy atom. The summed E-state index contributed by atoms with van der Waals surface area (Å²) in [5, 5.41) is 12.0. The number of halogens is 1. The van der Waals surface area contributed by atoms with Gasteiger partial charge in [-0.3, -0.25) is 0 Å². The molecular formula is C9H12ClN5O2. The Hall–Kier alpha value is -1.60. The molecule has 0 radical (unpaired) electrons. The van der Waals surface area contributed by atoms with Crippen LogP contribution in [0.25, 0.3) is 0 Å². The molecule has 1 fully saturated rings. The molecule has 1 aromatic heterocycles. The molecule has 0 bridgehead atoms. The van der Waals surface area contributed by atoms with E-state index in [-0.39, 0.29) is 5.84 Å². The van der Waals surface area contributed by atoms with Gasteiger partial charge in [-0.05, 0) is 0 Å². The first-order chi connectivity index (χ1) is 8.22. The Morgan fingerprint density at radius 1 is 1.71 bits per heavy atom. The van der Waals surface area contributed by atoms with Gasteiger partial charge in [0.1, 0.15) is 17.5 Å². The van der Waals surface area contributed by atoms with Gasteiger partial charge in [-0.25, -0.2) is 9.97 Å².